The molecule has 0 saturated carbocycles. The molecule has 7 heteroatoms. The highest BCUT2D eigenvalue weighted by Gasteiger charge is 2.11. The molecule has 0 fully saturated rings. The number of nitrogens with zero attached hydrogens (tertiary/aromatic N) is 4. The van der Waals surface area contributed by atoms with Crippen molar-refractivity contribution < 1.29 is 9.47 Å². The SMILES string of the molecule is CN=C(NCCn1cccn1)N(C)Cc1ccc(OC)cc1OC. The summed E-state index contributed by atoms with van der Waals surface area (Å²) >= 11 is 0. The van der Waals surface area contributed by atoms with Gasteiger partial charge in [-0.3, -0.25) is 9.67 Å². The second kappa shape index (κ2) is 8.81. The Bertz CT molecular complexity index is 655. The summed E-state index contributed by atoms with van der Waals surface area (Å²) < 4.78 is 12.6. The number of aliphatic imine (C=N–C) groups is 1. The quantitative estimate of drug-likeness (QED) is 0.617. The molecule has 0 atom stereocenters. The van der Waals surface area contributed by atoms with Gasteiger partial charge < -0.3 is 19.7 Å². The van der Waals surface area contributed by atoms with Gasteiger partial charge in [-0.1, -0.05) is 0 Å². The van der Waals surface area contributed by atoms with E-state index < -0.39 is 0 Å². The molecular formula is C17H25N5O2. The van der Waals surface area contributed by atoms with Crippen molar-refractivity contribution in [2.24, 2.45) is 4.99 Å². The van der Waals surface area contributed by atoms with Gasteiger partial charge in [0.25, 0.3) is 0 Å². The Morgan fingerprint density at radius 1 is 1.33 bits per heavy atom. The highest BCUT2D eigenvalue weighted by molar-refractivity contribution is 5.79. The minimum absolute atomic E-state index is 0.675. The summed E-state index contributed by atoms with van der Waals surface area (Å²) in [7, 11) is 7.08. The molecular weight excluding hydrogens is 306 g/mol. The van der Waals surface area contributed by atoms with Gasteiger partial charge >= 0.3 is 0 Å². The highest BCUT2D eigenvalue weighted by atomic mass is 16.5. The van der Waals surface area contributed by atoms with Crippen molar-refractivity contribution in [3.8, 4) is 11.5 Å². The number of nitrogens with one attached hydrogen (secondary N) is 1. The Balaban J connectivity index is 1.95. The molecule has 130 valence electrons. The number of benzene rings is 1. The fourth-order valence-electron chi connectivity index (χ4n) is 2.41. The summed E-state index contributed by atoms with van der Waals surface area (Å²) in [4.78, 5) is 6.38. The molecule has 24 heavy (non-hydrogen) atoms. The van der Waals surface area contributed by atoms with Crippen molar-refractivity contribution in [3.63, 3.8) is 0 Å². The van der Waals surface area contributed by atoms with Gasteiger partial charge in [0, 0.05) is 51.2 Å². The molecule has 2 aromatic rings. The van der Waals surface area contributed by atoms with Crippen LogP contribution in [0.25, 0.3) is 0 Å². The third-order valence-electron chi connectivity index (χ3n) is 3.66. The second-order valence-electron chi connectivity index (χ2n) is 5.28. The van der Waals surface area contributed by atoms with E-state index in [1.807, 2.05) is 47.1 Å². The van der Waals surface area contributed by atoms with Gasteiger partial charge in [-0.05, 0) is 18.2 Å². The van der Waals surface area contributed by atoms with Crippen LogP contribution in [-0.2, 0) is 13.1 Å². The van der Waals surface area contributed by atoms with Crippen LogP contribution in [0.5, 0.6) is 11.5 Å². The Hall–Kier alpha value is -2.70. The molecule has 0 radical (unpaired) electrons. The number of aromatic nitrogens is 2. The number of hydrogen-bond acceptors (Lipinski definition) is 4. The average molecular weight is 331 g/mol. The van der Waals surface area contributed by atoms with Crippen LogP contribution in [0.3, 0.4) is 0 Å². The lowest BCUT2D eigenvalue weighted by molar-refractivity contribution is 0.382. The first kappa shape index (κ1) is 17.7. The Labute approximate surface area is 142 Å². The first-order valence-electron chi connectivity index (χ1n) is 7.78. The smallest absolute Gasteiger partial charge is 0.193 e. The molecule has 0 aliphatic carbocycles. The molecule has 0 unspecified atom stereocenters. The van der Waals surface area contributed by atoms with Crippen LogP contribution >= 0.6 is 0 Å². The molecule has 1 aromatic carbocycles. The zero-order chi connectivity index (χ0) is 17.4. The summed E-state index contributed by atoms with van der Waals surface area (Å²) in [6, 6.07) is 7.73. The molecule has 0 saturated heterocycles. The lowest BCUT2D eigenvalue weighted by Crippen LogP contribution is -2.39. The molecule has 1 aromatic heterocycles. The zero-order valence-electron chi connectivity index (χ0n) is 14.7. The van der Waals surface area contributed by atoms with Gasteiger partial charge in [-0.2, -0.15) is 5.10 Å². The monoisotopic (exact) mass is 331 g/mol. The predicted octanol–water partition coefficient (Wildman–Crippen LogP) is 1.61. The van der Waals surface area contributed by atoms with Crippen LogP contribution in [0.1, 0.15) is 5.56 Å². The van der Waals surface area contributed by atoms with Gasteiger partial charge in [0.1, 0.15) is 11.5 Å². The largest absolute Gasteiger partial charge is 0.497 e. The molecule has 0 bridgehead atoms. The van der Waals surface area contributed by atoms with Gasteiger partial charge in [-0.15, -0.1) is 0 Å². The molecule has 0 amide bonds. The lowest BCUT2D eigenvalue weighted by atomic mass is 10.2. The second-order valence-corrected chi connectivity index (χ2v) is 5.28. The van der Waals surface area contributed by atoms with Crippen LogP contribution < -0.4 is 14.8 Å². The fourth-order valence-corrected chi connectivity index (χ4v) is 2.41. The Morgan fingerprint density at radius 3 is 2.79 bits per heavy atom. The molecule has 1 N–H and O–H groups in total. The standard InChI is InChI=1S/C17H25N5O2/c1-18-17(19-9-11-22-10-5-8-20-22)21(2)13-14-6-7-15(23-3)12-16(14)24-4/h5-8,10,12H,9,11,13H2,1-4H3,(H,18,19). The maximum absolute atomic E-state index is 5.45. The maximum Gasteiger partial charge on any atom is 0.193 e. The topological polar surface area (TPSA) is 63.9 Å². The van der Waals surface area contributed by atoms with E-state index in [1.54, 1.807) is 27.5 Å². The molecule has 0 spiro atoms. The van der Waals surface area contributed by atoms with E-state index in [0.29, 0.717) is 6.54 Å². The van der Waals surface area contributed by atoms with E-state index >= 15 is 0 Å². The van der Waals surface area contributed by atoms with Gasteiger partial charge in [0.05, 0.1) is 20.8 Å². The molecule has 0 aliphatic rings. The highest BCUT2D eigenvalue weighted by Crippen LogP contribution is 2.25. The van der Waals surface area contributed by atoms with Crippen molar-refractivity contribution in [3.05, 3.63) is 42.2 Å². The van der Waals surface area contributed by atoms with Gasteiger partial charge in [0.2, 0.25) is 0 Å². The zero-order valence-corrected chi connectivity index (χ0v) is 14.7. The van der Waals surface area contributed by atoms with E-state index in [2.05, 4.69) is 15.4 Å². The predicted molar refractivity (Wildman–Crippen MR) is 94.6 cm³/mol. The first-order valence-corrected chi connectivity index (χ1v) is 7.78. The normalized spacial score (nSPS) is 11.2. The maximum atomic E-state index is 5.45. The number of guanidine groups is 1. The van der Waals surface area contributed by atoms with Crippen LogP contribution in [-0.4, -0.2) is 55.5 Å². The van der Waals surface area contributed by atoms with Crippen molar-refractivity contribution in [2.75, 3.05) is 34.9 Å². The van der Waals surface area contributed by atoms with Gasteiger partial charge in [-0.25, -0.2) is 0 Å². The summed E-state index contributed by atoms with van der Waals surface area (Å²) in [6.45, 7) is 2.21. The van der Waals surface area contributed by atoms with E-state index in [4.69, 9.17) is 9.47 Å². The van der Waals surface area contributed by atoms with E-state index in [-0.39, 0.29) is 0 Å². The van der Waals surface area contributed by atoms with Crippen LogP contribution in [0.2, 0.25) is 0 Å². The summed E-state index contributed by atoms with van der Waals surface area (Å²) in [5.74, 6) is 2.40. The van der Waals surface area contributed by atoms with E-state index in [1.165, 1.54) is 0 Å². The molecule has 2 rings (SSSR count). The fraction of sp³-hybridized carbons (Fsp3) is 0.412. The summed E-state index contributed by atoms with van der Waals surface area (Å²) in [5, 5.41) is 7.52. The van der Waals surface area contributed by atoms with Crippen LogP contribution in [0.15, 0.2) is 41.7 Å². The first-order chi connectivity index (χ1) is 11.7. The number of methoxy groups -OCH3 is 2. The lowest BCUT2D eigenvalue weighted by Gasteiger charge is -2.23. The van der Waals surface area contributed by atoms with Crippen LogP contribution in [0, 0.1) is 0 Å². The number of rotatable bonds is 7. The third kappa shape index (κ3) is 4.65. The van der Waals surface area contributed by atoms with Crippen molar-refractivity contribution in [1.82, 2.24) is 20.0 Å². The Kier molecular flexibility index (Phi) is 6.48. The molecule has 7 nitrogen and oxygen atoms in total. The average Bonchev–Trinajstić information content (AvgIpc) is 3.12. The Morgan fingerprint density at radius 2 is 2.17 bits per heavy atom. The minimum atomic E-state index is 0.675. The number of hydrogen-bond donors (Lipinski definition) is 1. The van der Waals surface area contributed by atoms with Gasteiger partial charge in [0.15, 0.2) is 5.96 Å². The summed E-state index contributed by atoms with van der Waals surface area (Å²) in [5.41, 5.74) is 1.07. The van der Waals surface area contributed by atoms with Crippen molar-refractivity contribution in [2.45, 2.75) is 13.1 Å². The van der Waals surface area contributed by atoms with E-state index in [9.17, 15) is 0 Å². The van der Waals surface area contributed by atoms with Crippen molar-refractivity contribution >= 4 is 5.96 Å². The molecule has 0 aliphatic heterocycles. The van der Waals surface area contributed by atoms with Crippen LogP contribution in [0.4, 0.5) is 0 Å². The molecule has 1 heterocycles. The van der Waals surface area contributed by atoms with Crippen molar-refractivity contribution in [1.29, 1.82) is 0 Å². The number of ether oxygens (including phenoxy) is 2. The summed E-state index contributed by atoms with van der Waals surface area (Å²) in [6.07, 6.45) is 3.72. The third-order valence-corrected chi connectivity index (χ3v) is 3.66. The van der Waals surface area contributed by atoms with E-state index in [0.717, 1.165) is 36.1 Å². The minimum Gasteiger partial charge on any atom is -0.497 e.